The molecule has 3 aromatic rings. The zero-order valence-corrected chi connectivity index (χ0v) is 16.2. The van der Waals surface area contributed by atoms with Gasteiger partial charge in [-0.2, -0.15) is 13.2 Å². The molecule has 0 aliphatic rings. The van der Waals surface area contributed by atoms with Crippen molar-refractivity contribution < 1.29 is 22.8 Å². The van der Waals surface area contributed by atoms with Gasteiger partial charge in [-0.15, -0.1) is 0 Å². The third-order valence-corrected chi connectivity index (χ3v) is 5.18. The Balaban J connectivity index is 1.70. The van der Waals surface area contributed by atoms with Crippen LogP contribution in [0.4, 0.5) is 18.9 Å². The van der Waals surface area contributed by atoms with Gasteiger partial charge < -0.3 is 4.74 Å². The molecular weight excluding hydrogens is 427 g/mol. The zero-order chi connectivity index (χ0) is 21.0. The van der Waals surface area contributed by atoms with Crippen LogP contribution in [0, 0.1) is 10.1 Å². The first-order valence-corrected chi connectivity index (χ1v) is 9.42. The lowest BCUT2D eigenvalue weighted by Crippen LogP contribution is -2.05. The standard InChI is InChI=1S/C20H13ClF3NO3S/c21-15-4-6-16(7-5-15)28-12-13-1-8-17(9-2-13)29-19-10-3-14(20(22,23)24)11-18(19)25(26)27/h1-11H,12H2. The molecule has 29 heavy (non-hydrogen) atoms. The molecule has 0 aliphatic heterocycles. The molecule has 0 radical (unpaired) electrons. The largest absolute Gasteiger partial charge is 0.489 e. The van der Waals surface area contributed by atoms with Gasteiger partial charge in [-0.3, -0.25) is 10.1 Å². The monoisotopic (exact) mass is 439 g/mol. The molecule has 9 heteroatoms. The minimum absolute atomic E-state index is 0.133. The molecule has 4 nitrogen and oxygen atoms in total. The minimum Gasteiger partial charge on any atom is -0.489 e. The molecule has 0 aliphatic carbocycles. The van der Waals surface area contributed by atoms with E-state index in [1.807, 2.05) is 0 Å². The molecule has 3 aromatic carbocycles. The van der Waals surface area contributed by atoms with Gasteiger partial charge in [-0.25, -0.2) is 0 Å². The number of nitro groups is 1. The van der Waals surface area contributed by atoms with E-state index < -0.39 is 22.4 Å². The van der Waals surface area contributed by atoms with Crippen molar-refractivity contribution in [2.24, 2.45) is 0 Å². The highest BCUT2D eigenvalue weighted by Gasteiger charge is 2.33. The molecule has 3 rings (SSSR count). The van der Waals surface area contributed by atoms with Crippen molar-refractivity contribution in [3.05, 3.63) is 93.0 Å². The molecule has 0 saturated carbocycles. The molecule has 0 unspecified atom stereocenters. The van der Waals surface area contributed by atoms with Crippen LogP contribution in [0.1, 0.15) is 11.1 Å². The van der Waals surface area contributed by atoms with E-state index in [-0.39, 0.29) is 4.90 Å². The number of nitro benzene ring substituents is 1. The summed E-state index contributed by atoms with van der Waals surface area (Å²) in [4.78, 5) is 11.2. The molecule has 0 amide bonds. The number of alkyl halides is 3. The fourth-order valence-corrected chi connectivity index (χ4v) is 3.43. The van der Waals surface area contributed by atoms with Gasteiger partial charge >= 0.3 is 6.18 Å². The molecular formula is C20H13ClF3NO3S. The quantitative estimate of drug-likeness (QED) is 0.306. The lowest BCUT2D eigenvalue weighted by molar-refractivity contribution is -0.388. The van der Waals surface area contributed by atoms with E-state index in [1.54, 1.807) is 48.5 Å². The molecule has 0 spiro atoms. The summed E-state index contributed by atoms with van der Waals surface area (Å²) in [5.74, 6) is 0.660. The molecule has 150 valence electrons. The fraction of sp³-hybridized carbons (Fsp3) is 0.100. The topological polar surface area (TPSA) is 52.4 Å². The Labute approximate surface area is 173 Å². The number of rotatable bonds is 6. The second-order valence-corrected chi connectivity index (χ2v) is 7.48. The van der Waals surface area contributed by atoms with Crippen molar-refractivity contribution in [3.8, 4) is 5.75 Å². The van der Waals surface area contributed by atoms with Gasteiger partial charge in [0.15, 0.2) is 0 Å². The predicted molar refractivity (Wildman–Crippen MR) is 104 cm³/mol. The van der Waals surface area contributed by atoms with Gasteiger partial charge in [0.1, 0.15) is 12.4 Å². The highest BCUT2D eigenvalue weighted by atomic mass is 35.5. The van der Waals surface area contributed by atoms with Crippen LogP contribution in [-0.2, 0) is 12.8 Å². The maximum Gasteiger partial charge on any atom is 0.416 e. The molecule has 0 saturated heterocycles. The summed E-state index contributed by atoms with van der Waals surface area (Å²) in [5, 5.41) is 11.8. The first-order valence-electron chi connectivity index (χ1n) is 8.23. The first kappa shape index (κ1) is 21.0. The highest BCUT2D eigenvalue weighted by Crippen LogP contribution is 2.39. The summed E-state index contributed by atoms with van der Waals surface area (Å²) < 4.78 is 44.0. The van der Waals surface area contributed by atoms with Crippen molar-refractivity contribution >= 4 is 29.1 Å². The Morgan fingerprint density at radius 1 is 1.00 bits per heavy atom. The van der Waals surface area contributed by atoms with E-state index in [2.05, 4.69) is 0 Å². The third kappa shape index (κ3) is 5.65. The number of nitrogens with zero attached hydrogens (tertiary/aromatic N) is 1. The number of benzene rings is 3. The molecule has 0 N–H and O–H groups in total. The van der Waals surface area contributed by atoms with Crippen LogP contribution < -0.4 is 4.74 Å². The Kier molecular flexibility index (Phi) is 6.34. The smallest absolute Gasteiger partial charge is 0.416 e. The summed E-state index contributed by atoms with van der Waals surface area (Å²) in [6, 6.07) is 16.5. The van der Waals surface area contributed by atoms with E-state index in [1.165, 1.54) is 0 Å². The van der Waals surface area contributed by atoms with E-state index in [0.717, 1.165) is 29.5 Å². The maximum absolute atomic E-state index is 12.8. The SMILES string of the molecule is O=[N+]([O-])c1cc(C(F)(F)F)ccc1Sc1ccc(COc2ccc(Cl)cc2)cc1. The summed E-state index contributed by atoms with van der Waals surface area (Å²) in [6.07, 6.45) is -4.64. The van der Waals surface area contributed by atoms with Gasteiger partial charge in [-0.05, 0) is 54.1 Å². The first-order chi connectivity index (χ1) is 13.7. The van der Waals surface area contributed by atoms with Crippen LogP contribution in [0.25, 0.3) is 0 Å². The van der Waals surface area contributed by atoms with Crippen molar-refractivity contribution in [3.63, 3.8) is 0 Å². The second kappa shape index (κ2) is 8.75. The van der Waals surface area contributed by atoms with Gasteiger partial charge in [0.05, 0.1) is 15.4 Å². The molecule has 0 bridgehead atoms. The number of hydrogen-bond donors (Lipinski definition) is 0. The summed E-state index contributed by atoms with van der Waals surface area (Å²) >= 11 is 6.84. The van der Waals surface area contributed by atoms with Crippen LogP contribution in [0.2, 0.25) is 5.02 Å². The summed E-state index contributed by atoms with van der Waals surface area (Å²) in [5.41, 5.74) is -0.769. The Bertz CT molecular complexity index is 1010. The molecule has 0 aromatic heterocycles. The Morgan fingerprint density at radius 3 is 2.24 bits per heavy atom. The number of ether oxygens (including phenoxy) is 1. The lowest BCUT2D eigenvalue weighted by atomic mass is 10.2. The fourth-order valence-electron chi connectivity index (χ4n) is 2.40. The Hall–Kier alpha value is -2.71. The molecule has 0 fully saturated rings. The second-order valence-electron chi connectivity index (χ2n) is 5.93. The van der Waals surface area contributed by atoms with Crippen LogP contribution in [0.15, 0.2) is 76.5 Å². The van der Waals surface area contributed by atoms with Crippen LogP contribution in [0.5, 0.6) is 5.75 Å². The zero-order valence-electron chi connectivity index (χ0n) is 14.7. The summed E-state index contributed by atoms with van der Waals surface area (Å²) in [6.45, 7) is 0.313. The van der Waals surface area contributed by atoms with Crippen molar-refractivity contribution in [1.29, 1.82) is 0 Å². The van der Waals surface area contributed by atoms with E-state index in [0.29, 0.717) is 28.3 Å². The number of hydrogen-bond acceptors (Lipinski definition) is 4. The predicted octanol–water partition coefficient (Wildman–Crippen LogP) is 7.00. The van der Waals surface area contributed by atoms with E-state index >= 15 is 0 Å². The average Bonchev–Trinajstić information content (AvgIpc) is 2.68. The third-order valence-electron chi connectivity index (χ3n) is 3.85. The Morgan fingerprint density at radius 2 is 1.66 bits per heavy atom. The van der Waals surface area contributed by atoms with Crippen molar-refractivity contribution in [1.82, 2.24) is 0 Å². The normalized spacial score (nSPS) is 11.3. The van der Waals surface area contributed by atoms with E-state index in [9.17, 15) is 23.3 Å². The van der Waals surface area contributed by atoms with Crippen LogP contribution >= 0.6 is 23.4 Å². The van der Waals surface area contributed by atoms with Crippen LogP contribution in [0.3, 0.4) is 0 Å². The van der Waals surface area contributed by atoms with Gasteiger partial charge in [-0.1, -0.05) is 35.5 Å². The minimum atomic E-state index is -4.64. The highest BCUT2D eigenvalue weighted by molar-refractivity contribution is 7.99. The summed E-state index contributed by atoms with van der Waals surface area (Å²) in [7, 11) is 0. The molecule has 0 heterocycles. The van der Waals surface area contributed by atoms with Crippen molar-refractivity contribution in [2.45, 2.75) is 22.6 Å². The number of halogens is 4. The maximum atomic E-state index is 12.8. The van der Waals surface area contributed by atoms with Gasteiger partial charge in [0.25, 0.3) is 5.69 Å². The molecule has 0 atom stereocenters. The lowest BCUT2D eigenvalue weighted by Gasteiger charge is -2.09. The van der Waals surface area contributed by atoms with Crippen LogP contribution in [-0.4, -0.2) is 4.92 Å². The van der Waals surface area contributed by atoms with E-state index in [4.69, 9.17) is 16.3 Å². The van der Waals surface area contributed by atoms with Gasteiger partial charge in [0, 0.05) is 16.0 Å². The average molecular weight is 440 g/mol. The van der Waals surface area contributed by atoms with Crippen molar-refractivity contribution in [2.75, 3.05) is 0 Å². The van der Waals surface area contributed by atoms with Gasteiger partial charge in [0.2, 0.25) is 0 Å².